The van der Waals surface area contributed by atoms with Gasteiger partial charge in [-0.05, 0) is 25.0 Å². The third-order valence-electron chi connectivity index (χ3n) is 5.00. The maximum Gasteiger partial charge on any atom is 0.337 e. The molecule has 2 heterocycles. The van der Waals surface area contributed by atoms with Crippen LogP contribution in [-0.2, 0) is 11.8 Å². The molecule has 146 valence electrons. The highest BCUT2D eigenvalue weighted by atomic mass is 16.5. The van der Waals surface area contributed by atoms with Gasteiger partial charge in [0.25, 0.3) is 11.1 Å². The number of ether oxygens (including phenoxy) is 1. The molecule has 1 saturated carbocycles. The van der Waals surface area contributed by atoms with Gasteiger partial charge >= 0.3 is 5.69 Å². The minimum absolute atomic E-state index is 0.0941. The first-order valence-corrected chi connectivity index (χ1v) is 9.24. The van der Waals surface area contributed by atoms with Crippen LogP contribution in [0.1, 0.15) is 18.9 Å². The van der Waals surface area contributed by atoms with Crippen LogP contribution in [0.15, 0.2) is 50.8 Å². The van der Waals surface area contributed by atoms with Gasteiger partial charge in [0.15, 0.2) is 0 Å². The van der Waals surface area contributed by atoms with Crippen LogP contribution in [0, 0.1) is 0 Å². The van der Waals surface area contributed by atoms with Gasteiger partial charge in [0, 0.05) is 32.8 Å². The number of para-hydroxylation sites is 1. The Labute approximate surface area is 160 Å². The van der Waals surface area contributed by atoms with E-state index in [0.717, 1.165) is 12.8 Å². The van der Waals surface area contributed by atoms with E-state index in [0.29, 0.717) is 29.9 Å². The van der Waals surface area contributed by atoms with E-state index in [4.69, 9.17) is 4.74 Å². The monoisotopic (exact) mass is 382 g/mol. The minimum Gasteiger partial charge on any atom is -0.383 e. The highest BCUT2D eigenvalue weighted by molar-refractivity contribution is 5.89. The van der Waals surface area contributed by atoms with Crippen LogP contribution in [0.2, 0.25) is 0 Å². The van der Waals surface area contributed by atoms with Crippen LogP contribution in [0.3, 0.4) is 0 Å². The summed E-state index contributed by atoms with van der Waals surface area (Å²) < 4.78 is 9.19. The summed E-state index contributed by atoms with van der Waals surface area (Å²) in [5, 5.41) is 3.44. The van der Waals surface area contributed by atoms with E-state index in [1.807, 2.05) is 18.2 Å². The number of aromatic nitrogens is 3. The van der Waals surface area contributed by atoms with Crippen molar-refractivity contribution in [2.75, 3.05) is 25.6 Å². The van der Waals surface area contributed by atoms with Crippen molar-refractivity contribution in [2.45, 2.75) is 18.9 Å². The molecule has 1 N–H and O–H groups in total. The van der Waals surface area contributed by atoms with Crippen molar-refractivity contribution in [1.82, 2.24) is 13.7 Å². The quantitative estimate of drug-likeness (QED) is 0.648. The normalized spacial score (nSPS) is 13.8. The van der Waals surface area contributed by atoms with Crippen LogP contribution in [0.25, 0.3) is 16.7 Å². The molecule has 0 spiro atoms. The molecule has 28 heavy (non-hydrogen) atoms. The van der Waals surface area contributed by atoms with E-state index in [1.165, 1.54) is 19.8 Å². The minimum atomic E-state index is -0.421. The van der Waals surface area contributed by atoms with E-state index < -0.39 is 5.69 Å². The van der Waals surface area contributed by atoms with Crippen LogP contribution in [0.5, 0.6) is 0 Å². The first-order chi connectivity index (χ1) is 13.5. The summed E-state index contributed by atoms with van der Waals surface area (Å²) in [6, 6.07) is 10.4. The molecule has 4 rings (SSSR count). The van der Waals surface area contributed by atoms with E-state index in [2.05, 4.69) is 5.32 Å². The summed E-state index contributed by atoms with van der Waals surface area (Å²) in [5.74, 6) is 0. The van der Waals surface area contributed by atoms with Gasteiger partial charge in [0.05, 0.1) is 18.0 Å². The first kappa shape index (κ1) is 18.2. The fraction of sp³-hybridized carbons (Fsp3) is 0.350. The van der Waals surface area contributed by atoms with Crippen molar-refractivity contribution in [2.24, 2.45) is 7.05 Å². The van der Waals surface area contributed by atoms with Gasteiger partial charge in [-0.2, -0.15) is 0 Å². The summed E-state index contributed by atoms with van der Waals surface area (Å²) in [4.78, 5) is 39.2. The number of pyridine rings is 1. The smallest absolute Gasteiger partial charge is 0.337 e. The molecule has 0 bridgehead atoms. The topological polar surface area (TPSA) is 87.3 Å². The molecule has 8 heteroatoms. The molecule has 0 amide bonds. The Kier molecular flexibility index (Phi) is 4.64. The molecule has 8 nitrogen and oxygen atoms in total. The lowest BCUT2D eigenvalue weighted by Gasteiger charge is -2.18. The van der Waals surface area contributed by atoms with E-state index in [1.54, 1.807) is 26.3 Å². The molecule has 1 fully saturated rings. The number of aryl methyl sites for hydroxylation is 1. The Balaban J connectivity index is 2.14. The van der Waals surface area contributed by atoms with Crippen LogP contribution < -0.4 is 22.1 Å². The van der Waals surface area contributed by atoms with Crippen molar-refractivity contribution in [3.63, 3.8) is 0 Å². The van der Waals surface area contributed by atoms with Crippen molar-refractivity contribution < 1.29 is 4.74 Å². The Hall–Kier alpha value is -3.13. The summed E-state index contributed by atoms with van der Waals surface area (Å²) in [5.41, 5.74) is 0.209. The second-order valence-corrected chi connectivity index (χ2v) is 6.93. The number of fused-ring (bicyclic) bond motifs is 1. The van der Waals surface area contributed by atoms with Crippen LogP contribution in [0.4, 0.5) is 5.69 Å². The number of benzene rings is 1. The average molecular weight is 382 g/mol. The SMILES string of the molecule is COCCNc1cc(=O)n(C)c2c1c(=O)n(C1CC1)c(=O)n2-c1ccccc1. The number of nitrogens with zero attached hydrogens (tertiary/aromatic N) is 3. The first-order valence-electron chi connectivity index (χ1n) is 9.24. The van der Waals surface area contributed by atoms with Gasteiger partial charge in [-0.25, -0.2) is 9.36 Å². The second kappa shape index (κ2) is 7.12. The molecule has 0 unspecified atom stereocenters. The zero-order valence-corrected chi connectivity index (χ0v) is 15.8. The Morgan fingerprint density at radius 1 is 1.14 bits per heavy atom. The lowest BCUT2D eigenvalue weighted by molar-refractivity contribution is 0.211. The number of methoxy groups -OCH3 is 1. The number of anilines is 1. The molecule has 1 aromatic carbocycles. The summed E-state index contributed by atoms with van der Waals surface area (Å²) >= 11 is 0. The molecular weight excluding hydrogens is 360 g/mol. The molecule has 0 atom stereocenters. The van der Waals surface area contributed by atoms with Crippen molar-refractivity contribution in [3.8, 4) is 5.69 Å². The summed E-state index contributed by atoms with van der Waals surface area (Å²) in [6.45, 7) is 0.859. The van der Waals surface area contributed by atoms with Gasteiger partial charge in [0.1, 0.15) is 11.0 Å². The largest absolute Gasteiger partial charge is 0.383 e. The number of hydrogen-bond acceptors (Lipinski definition) is 5. The molecule has 0 aliphatic heterocycles. The molecule has 1 aliphatic carbocycles. The molecule has 0 saturated heterocycles. The van der Waals surface area contributed by atoms with Crippen molar-refractivity contribution >= 4 is 16.7 Å². The van der Waals surface area contributed by atoms with Crippen LogP contribution >= 0.6 is 0 Å². The van der Waals surface area contributed by atoms with Gasteiger partial charge < -0.3 is 10.1 Å². The van der Waals surface area contributed by atoms with Gasteiger partial charge in [-0.1, -0.05) is 18.2 Å². The number of rotatable bonds is 6. The summed E-state index contributed by atoms with van der Waals surface area (Å²) in [6.07, 6.45) is 1.60. The highest BCUT2D eigenvalue weighted by Crippen LogP contribution is 2.33. The van der Waals surface area contributed by atoms with E-state index >= 15 is 0 Å². The predicted octanol–water partition coefficient (Wildman–Crippen LogP) is 1.24. The lowest BCUT2D eigenvalue weighted by atomic mass is 10.2. The maximum absolute atomic E-state index is 13.3. The zero-order chi connectivity index (χ0) is 19.8. The highest BCUT2D eigenvalue weighted by Gasteiger charge is 2.30. The maximum atomic E-state index is 13.3. The van der Waals surface area contributed by atoms with Crippen LogP contribution in [-0.4, -0.2) is 34.0 Å². The number of hydrogen-bond donors (Lipinski definition) is 1. The standard InChI is InChI=1S/C20H22N4O4/c1-22-16(25)12-15(21-10-11-28-2)17-18(22)23(13-6-4-3-5-7-13)20(27)24(19(17)26)14-8-9-14/h3-7,12,14,21H,8-11H2,1-2H3. The van der Waals surface area contributed by atoms with Gasteiger partial charge in [-0.15, -0.1) is 0 Å². The molecule has 1 aliphatic rings. The van der Waals surface area contributed by atoms with E-state index in [9.17, 15) is 14.4 Å². The molecular formula is C20H22N4O4. The molecule has 3 aromatic rings. The molecule has 0 radical (unpaired) electrons. The second-order valence-electron chi connectivity index (χ2n) is 6.93. The van der Waals surface area contributed by atoms with Crippen molar-refractivity contribution in [3.05, 3.63) is 67.6 Å². The van der Waals surface area contributed by atoms with Gasteiger partial charge in [0.2, 0.25) is 0 Å². The fourth-order valence-corrected chi connectivity index (χ4v) is 3.46. The number of nitrogens with one attached hydrogen (secondary N) is 1. The van der Waals surface area contributed by atoms with Crippen molar-refractivity contribution in [1.29, 1.82) is 0 Å². The zero-order valence-electron chi connectivity index (χ0n) is 15.8. The Morgan fingerprint density at radius 2 is 1.86 bits per heavy atom. The Morgan fingerprint density at radius 3 is 2.50 bits per heavy atom. The summed E-state index contributed by atoms with van der Waals surface area (Å²) in [7, 11) is 3.15. The van der Waals surface area contributed by atoms with Gasteiger partial charge in [-0.3, -0.25) is 18.7 Å². The third-order valence-corrected chi connectivity index (χ3v) is 5.00. The fourth-order valence-electron chi connectivity index (χ4n) is 3.46. The lowest BCUT2D eigenvalue weighted by Crippen LogP contribution is -2.41. The molecule has 2 aromatic heterocycles. The average Bonchev–Trinajstić information content (AvgIpc) is 3.51. The predicted molar refractivity (Wildman–Crippen MR) is 108 cm³/mol. The Bertz CT molecular complexity index is 1200. The van der Waals surface area contributed by atoms with E-state index in [-0.39, 0.29) is 22.8 Å². The third kappa shape index (κ3) is 2.95.